The Balaban J connectivity index is 1.49. The SMILES string of the molecule is CCOC(=O)N1CCN(C(=O)c2ccc3c(c2)N(Cc2cccc(Cl)c2)C(=O)c2ccccc2[S@@]3=O)CC1. The van der Waals surface area contributed by atoms with Gasteiger partial charge in [-0.2, -0.15) is 0 Å². The summed E-state index contributed by atoms with van der Waals surface area (Å²) in [6.45, 7) is 3.69. The standard InChI is InChI=1S/C28H26ClN3O5S/c1-2-37-28(35)31-14-12-30(13-15-31)26(33)20-10-11-25-23(17-20)32(18-19-6-5-7-21(29)16-19)27(34)22-8-3-4-9-24(22)38(25)36/h3-11,16-17H,2,12-15,18H2,1H3/t38-/m0/s1. The van der Waals surface area contributed by atoms with Gasteiger partial charge in [-0.3, -0.25) is 9.59 Å². The molecule has 5 rings (SSSR count). The molecule has 0 unspecified atom stereocenters. The Morgan fingerprint density at radius 3 is 2.39 bits per heavy atom. The van der Waals surface area contributed by atoms with Gasteiger partial charge in [0.25, 0.3) is 11.8 Å². The number of benzene rings is 3. The number of halogens is 1. The third-order valence-electron chi connectivity index (χ3n) is 6.58. The fourth-order valence-electron chi connectivity index (χ4n) is 4.66. The molecule has 10 heteroatoms. The van der Waals surface area contributed by atoms with E-state index in [1.54, 1.807) is 76.2 Å². The summed E-state index contributed by atoms with van der Waals surface area (Å²) in [5.41, 5.74) is 1.95. The van der Waals surface area contributed by atoms with E-state index < -0.39 is 10.8 Å². The molecule has 0 bridgehead atoms. The van der Waals surface area contributed by atoms with E-state index >= 15 is 0 Å². The summed E-state index contributed by atoms with van der Waals surface area (Å²) in [6.07, 6.45) is -0.387. The maximum absolute atomic E-state index is 13.8. The molecule has 0 N–H and O–H groups in total. The largest absolute Gasteiger partial charge is 0.450 e. The highest BCUT2D eigenvalue weighted by Crippen LogP contribution is 2.36. The molecule has 0 spiro atoms. The molecule has 8 nitrogen and oxygen atoms in total. The molecule has 2 heterocycles. The van der Waals surface area contributed by atoms with Gasteiger partial charge >= 0.3 is 6.09 Å². The minimum atomic E-state index is -1.62. The molecule has 3 aromatic carbocycles. The lowest BCUT2D eigenvalue weighted by Gasteiger charge is -2.34. The second-order valence-electron chi connectivity index (χ2n) is 8.95. The quantitative estimate of drug-likeness (QED) is 0.473. The number of hydrogen-bond acceptors (Lipinski definition) is 5. The lowest BCUT2D eigenvalue weighted by Crippen LogP contribution is -2.50. The molecule has 2 aliphatic rings. The predicted octanol–water partition coefficient (Wildman–Crippen LogP) is 4.58. The van der Waals surface area contributed by atoms with E-state index in [-0.39, 0.29) is 24.5 Å². The van der Waals surface area contributed by atoms with Crippen LogP contribution in [0.5, 0.6) is 0 Å². The minimum absolute atomic E-state index is 0.188. The van der Waals surface area contributed by atoms with Crippen LogP contribution >= 0.6 is 11.6 Å². The zero-order valence-electron chi connectivity index (χ0n) is 20.8. The van der Waals surface area contributed by atoms with Crippen LogP contribution in [-0.2, 0) is 22.1 Å². The van der Waals surface area contributed by atoms with Crippen molar-refractivity contribution in [2.45, 2.75) is 23.3 Å². The molecule has 0 aliphatic carbocycles. The molecule has 196 valence electrons. The van der Waals surface area contributed by atoms with Crippen LogP contribution in [0.2, 0.25) is 5.02 Å². The summed E-state index contributed by atoms with van der Waals surface area (Å²) >= 11 is 6.20. The predicted molar refractivity (Wildman–Crippen MR) is 144 cm³/mol. The topological polar surface area (TPSA) is 87.2 Å². The van der Waals surface area contributed by atoms with Gasteiger partial charge in [-0.15, -0.1) is 0 Å². The molecule has 0 saturated carbocycles. The fourth-order valence-corrected chi connectivity index (χ4v) is 6.22. The summed E-state index contributed by atoms with van der Waals surface area (Å²) in [6, 6.07) is 19.0. The van der Waals surface area contributed by atoms with E-state index in [0.29, 0.717) is 64.4 Å². The van der Waals surface area contributed by atoms with Crippen molar-refractivity contribution in [2.24, 2.45) is 0 Å². The van der Waals surface area contributed by atoms with Gasteiger partial charge in [0.1, 0.15) is 0 Å². The minimum Gasteiger partial charge on any atom is -0.450 e. The normalized spacial score (nSPS) is 16.9. The van der Waals surface area contributed by atoms with Gasteiger partial charge in [-0.05, 0) is 55.0 Å². The molecule has 3 aromatic rings. The van der Waals surface area contributed by atoms with E-state index in [9.17, 15) is 18.6 Å². The van der Waals surface area contributed by atoms with Crippen LogP contribution in [0.1, 0.15) is 33.2 Å². The molecule has 1 atom stereocenters. The van der Waals surface area contributed by atoms with Crippen LogP contribution < -0.4 is 4.90 Å². The second kappa shape index (κ2) is 11.0. The fraction of sp³-hybridized carbons (Fsp3) is 0.250. The van der Waals surface area contributed by atoms with E-state index in [4.69, 9.17) is 16.3 Å². The Kier molecular flexibility index (Phi) is 7.49. The number of carbonyl (C=O) groups excluding carboxylic acids is 3. The number of carbonyl (C=O) groups is 3. The number of piperazine rings is 1. The van der Waals surface area contributed by atoms with Crippen LogP contribution in [0.4, 0.5) is 10.5 Å². The van der Waals surface area contributed by atoms with E-state index in [1.165, 1.54) is 0 Å². The maximum atomic E-state index is 13.8. The van der Waals surface area contributed by atoms with Gasteiger partial charge in [0.2, 0.25) is 0 Å². The first kappa shape index (κ1) is 25.9. The van der Waals surface area contributed by atoms with Gasteiger partial charge in [0.15, 0.2) is 0 Å². The summed E-state index contributed by atoms with van der Waals surface area (Å²) < 4.78 is 18.7. The average Bonchev–Trinajstić information content (AvgIpc) is 3.02. The van der Waals surface area contributed by atoms with Crippen molar-refractivity contribution < 1.29 is 23.3 Å². The summed E-state index contributed by atoms with van der Waals surface area (Å²) in [4.78, 5) is 45.0. The number of ether oxygens (including phenoxy) is 1. The number of hydrogen-bond donors (Lipinski definition) is 0. The van der Waals surface area contributed by atoms with Crippen molar-refractivity contribution in [3.05, 3.63) is 88.4 Å². The first-order valence-corrected chi connectivity index (χ1v) is 13.8. The van der Waals surface area contributed by atoms with Crippen LogP contribution in [0.3, 0.4) is 0 Å². The molecule has 1 saturated heterocycles. The molecule has 0 radical (unpaired) electrons. The van der Waals surface area contributed by atoms with Crippen molar-refractivity contribution in [1.82, 2.24) is 9.80 Å². The lowest BCUT2D eigenvalue weighted by atomic mass is 10.1. The van der Waals surface area contributed by atoms with Crippen LogP contribution in [0.15, 0.2) is 76.5 Å². The number of nitrogens with zero attached hydrogens (tertiary/aromatic N) is 3. The Morgan fingerprint density at radius 2 is 1.66 bits per heavy atom. The third-order valence-corrected chi connectivity index (χ3v) is 8.32. The van der Waals surface area contributed by atoms with Crippen molar-refractivity contribution >= 4 is 46.0 Å². The summed E-state index contributed by atoms with van der Waals surface area (Å²) in [5, 5.41) is 0.542. The van der Waals surface area contributed by atoms with Gasteiger partial charge in [-0.25, -0.2) is 9.00 Å². The Morgan fingerprint density at radius 1 is 0.921 bits per heavy atom. The lowest BCUT2D eigenvalue weighted by molar-refractivity contribution is 0.0570. The number of rotatable bonds is 4. The highest BCUT2D eigenvalue weighted by atomic mass is 35.5. The van der Waals surface area contributed by atoms with Gasteiger partial charge in [-0.1, -0.05) is 35.9 Å². The first-order valence-electron chi connectivity index (χ1n) is 12.3. The number of amides is 3. The van der Waals surface area contributed by atoms with Gasteiger partial charge in [0.05, 0.1) is 45.0 Å². The summed E-state index contributed by atoms with van der Waals surface area (Å²) in [5.74, 6) is -0.528. The summed E-state index contributed by atoms with van der Waals surface area (Å²) in [7, 11) is -1.62. The molecule has 0 aromatic heterocycles. The molecule has 1 fully saturated rings. The highest BCUT2D eigenvalue weighted by molar-refractivity contribution is 7.85. The molecule has 38 heavy (non-hydrogen) atoms. The molecule has 3 amide bonds. The zero-order valence-corrected chi connectivity index (χ0v) is 22.3. The van der Waals surface area contributed by atoms with Crippen LogP contribution in [-0.4, -0.2) is 64.7 Å². The third kappa shape index (κ3) is 5.04. The highest BCUT2D eigenvalue weighted by Gasteiger charge is 2.32. The maximum Gasteiger partial charge on any atom is 0.409 e. The van der Waals surface area contributed by atoms with Crippen molar-refractivity contribution in [3.8, 4) is 0 Å². The van der Waals surface area contributed by atoms with Crippen molar-refractivity contribution in [2.75, 3.05) is 37.7 Å². The van der Waals surface area contributed by atoms with Crippen LogP contribution in [0.25, 0.3) is 0 Å². The van der Waals surface area contributed by atoms with Crippen molar-refractivity contribution in [3.63, 3.8) is 0 Å². The monoisotopic (exact) mass is 551 g/mol. The van der Waals surface area contributed by atoms with E-state index in [0.717, 1.165) is 5.56 Å². The number of fused-ring (bicyclic) bond motifs is 2. The molecular weight excluding hydrogens is 526 g/mol. The molecular formula is C28H26ClN3O5S. The Hall–Kier alpha value is -3.69. The molecule has 2 aliphatic heterocycles. The Labute approximate surface area is 228 Å². The average molecular weight is 552 g/mol. The van der Waals surface area contributed by atoms with E-state index in [2.05, 4.69) is 0 Å². The Bertz CT molecular complexity index is 1440. The smallest absolute Gasteiger partial charge is 0.409 e. The zero-order chi connectivity index (χ0) is 26.8. The first-order chi connectivity index (χ1) is 18.4. The van der Waals surface area contributed by atoms with Crippen LogP contribution in [0, 0.1) is 0 Å². The van der Waals surface area contributed by atoms with E-state index in [1.807, 2.05) is 12.1 Å². The second-order valence-corrected chi connectivity index (χ2v) is 10.8. The number of anilines is 1. The van der Waals surface area contributed by atoms with Crippen molar-refractivity contribution in [1.29, 1.82) is 0 Å². The van der Waals surface area contributed by atoms with Gasteiger partial charge < -0.3 is 19.4 Å². The van der Waals surface area contributed by atoms with Gasteiger partial charge in [0, 0.05) is 36.8 Å².